The molecule has 2 heterocycles. The maximum Gasteiger partial charge on any atom is 0.262 e. The number of halogens is 1. The van der Waals surface area contributed by atoms with E-state index < -0.39 is 9.69 Å². The molecule has 0 aliphatic heterocycles. The normalized spacial score (nSPS) is 12.1. The molecule has 2 N–H and O–H groups in total. The Morgan fingerprint density at radius 3 is 2.65 bits per heavy atom. The highest BCUT2D eigenvalue weighted by Crippen LogP contribution is 2.33. The van der Waals surface area contributed by atoms with Gasteiger partial charge in [0.2, 0.25) is 0 Å². The summed E-state index contributed by atoms with van der Waals surface area (Å²) >= 11 is 5.93. The molecule has 20 heavy (non-hydrogen) atoms. The minimum absolute atomic E-state index is 0.00986. The van der Waals surface area contributed by atoms with Gasteiger partial charge < -0.3 is 9.97 Å². The van der Waals surface area contributed by atoms with Gasteiger partial charge in [-0.3, -0.25) is 0 Å². The SMILES string of the molecule is [B]S(=O)(=O)c1c(-c2ncc(C)[nH]2)[nH]c2ccc(Cl)cc12. The number of rotatable bonds is 2. The van der Waals surface area contributed by atoms with Gasteiger partial charge in [0, 0.05) is 27.8 Å². The highest BCUT2D eigenvalue weighted by atomic mass is 35.5. The molecule has 5 nitrogen and oxygen atoms in total. The van der Waals surface area contributed by atoms with E-state index in [1.54, 1.807) is 24.4 Å². The number of hydrogen-bond acceptors (Lipinski definition) is 3. The third-order valence-electron chi connectivity index (χ3n) is 2.94. The van der Waals surface area contributed by atoms with Crippen LogP contribution in [-0.2, 0) is 9.69 Å². The van der Waals surface area contributed by atoms with Crippen molar-refractivity contribution in [3.05, 3.63) is 35.1 Å². The van der Waals surface area contributed by atoms with Gasteiger partial charge in [0.1, 0.15) is 15.4 Å². The number of hydrogen-bond donors (Lipinski definition) is 2. The number of benzene rings is 1. The van der Waals surface area contributed by atoms with Crippen molar-refractivity contribution in [1.82, 2.24) is 15.0 Å². The summed E-state index contributed by atoms with van der Waals surface area (Å²) < 4.78 is 23.8. The maximum absolute atomic E-state index is 11.9. The molecule has 3 rings (SSSR count). The lowest BCUT2D eigenvalue weighted by Gasteiger charge is -2.00. The van der Waals surface area contributed by atoms with E-state index in [1.807, 2.05) is 6.92 Å². The number of aromatic amines is 2. The molecule has 2 aromatic heterocycles. The van der Waals surface area contributed by atoms with Crippen molar-refractivity contribution < 1.29 is 8.42 Å². The average Bonchev–Trinajstić information content (AvgIpc) is 2.90. The third kappa shape index (κ3) is 2.12. The second-order valence-corrected chi connectivity index (χ2v) is 6.41. The van der Waals surface area contributed by atoms with Crippen LogP contribution in [0.3, 0.4) is 0 Å². The minimum Gasteiger partial charge on any atom is -0.351 e. The first kappa shape index (κ1) is 13.3. The topological polar surface area (TPSA) is 78.6 Å². The monoisotopic (exact) mass is 305 g/mol. The summed E-state index contributed by atoms with van der Waals surface area (Å²) in [5.74, 6) is 0.416. The Labute approximate surface area is 121 Å². The smallest absolute Gasteiger partial charge is 0.262 e. The summed E-state index contributed by atoms with van der Waals surface area (Å²) in [6.07, 6.45) is 1.61. The standard InChI is InChI=1S/C12H9BClN3O2S/c1-6-5-15-12(16-6)10-11(20(13,18)19)8-4-7(14)2-3-9(8)17-10/h2-5,17H,1H3,(H,15,16). The minimum atomic E-state index is -3.92. The molecule has 0 bridgehead atoms. The van der Waals surface area contributed by atoms with Gasteiger partial charge in [0.05, 0.1) is 4.90 Å². The van der Waals surface area contributed by atoms with E-state index in [0.717, 1.165) is 5.69 Å². The Kier molecular flexibility index (Phi) is 2.91. The van der Waals surface area contributed by atoms with Crippen molar-refractivity contribution in [3.8, 4) is 11.5 Å². The molecule has 2 radical (unpaired) electrons. The molecule has 0 unspecified atom stereocenters. The molecule has 0 fully saturated rings. The fraction of sp³-hybridized carbons (Fsp3) is 0.0833. The van der Waals surface area contributed by atoms with Crippen LogP contribution in [0, 0.1) is 6.92 Å². The molecule has 0 aliphatic rings. The maximum atomic E-state index is 11.9. The van der Waals surface area contributed by atoms with Crippen molar-refractivity contribution in [3.63, 3.8) is 0 Å². The highest BCUT2D eigenvalue weighted by Gasteiger charge is 2.22. The highest BCUT2D eigenvalue weighted by molar-refractivity contribution is 8.12. The first-order valence-corrected chi connectivity index (χ1v) is 7.64. The van der Waals surface area contributed by atoms with Gasteiger partial charge in [-0.1, -0.05) is 11.6 Å². The van der Waals surface area contributed by atoms with Crippen LogP contribution in [0.25, 0.3) is 22.4 Å². The largest absolute Gasteiger partial charge is 0.351 e. The molecule has 100 valence electrons. The fourth-order valence-electron chi connectivity index (χ4n) is 2.14. The Hall–Kier alpha value is -1.73. The summed E-state index contributed by atoms with van der Waals surface area (Å²) in [6, 6.07) is 4.93. The van der Waals surface area contributed by atoms with E-state index in [-0.39, 0.29) is 4.90 Å². The first-order valence-electron chi connectivity index (χ1n) is 5.72. The first-order chi connectivity index (χ1) is 9.36. The lowest BCUT2D eigenvalue weighted by molar-refractivity contribution is 0.610. The summed E-state index contributed by atoms with van der Waals surface area (Å²) in [5.41, 5.74) is 1.78. The Morgan fingerprint density at radius 2 is 2.05 bits per heavy atom. The van der Waals surface area contributed by atoms with Gasteiger partial charge in [-0.15, -0.1) is 0 Å². The summed E-state index contributed by atoms with van der Waals surface area (Å²) in [5, 5.41) is 0.882. The van der Waals surface area contributed by atoms with Crippen molar-refractivity contribution in [2.24, 2.45) is 0 Å². The van der Waals surface area contributed by atoms with Gasteiger partial charge in [-0.25, -0.2) is 13.4 Å². The Balaban J connectivity index is 2.43. The zero-order chi connectivity index (χ0) is 14.5. The number of nitrogens with one attached hydrogen (secondary N) is 2. The molecule has 0 saturated heterocycles. The second-order valence-electron chi connectivity index (χ2n) is 4.48. The molecule has 1 aromatic carbocycles. The third-order valence-corrected chi connectivity index (χ3v) is 4.17. The molecule has 0 amide bonds. The lowest BCUT2D eigenvalue weighted by atomic mass is 10.2. The molecule has 0 spiro atoms. The van der Waals surface area contributed by atoms with Crippen LogP contribution in [0.1, 0.15) is 5.69 Å². The van der Waals surface area contributed by atoms with E-state index in [1.165, 1.54) is 0 Å². The quantitative estimate of drug-likeness (QED) is 0.713. The number of aryl methyl sites for hydroxylation is 1. The molecular weight excluding hydrogens is 296 g/mol. The van der Waals surface area contributed by atoms with Crippen molar-refractivity contribution >= 4 is 39.3 Å². The number of nitrogens with zero attached hydrogens (tertiary/aromatic N) is 1. The van der Waals surface area contributed by atoms with E-state index in [4.69, 9.17) is 18.7 Å². The van der Waals surface area contributed by atoms with Crippen LogP contribution in [0.4, 0.5) is 0 Å². The molecule has 8 heteroatoms. The van der Waals surface area contributed by atoms with Gasteiger partial charge >= 0.3 is 0 Å². The average molecular weight is 306 g/mol. The van der Waals surface area contributed by atoms with Crippen LogP contribution < -0.4 is 0 Å². The van der Waals surface area contributed by atoms with Crippen LogP contribution in [0.5, 0.6) is 0 Å². The van der Waals surface area contributed by atoms with Gasteiger partial charge in [0.15, 0.2) is 5.82 Å². The molecule has 3 aromatic rings. The molecule has 0 aliphatic carbocycles. The van der Waals surface area contributed by atoms with Crippen molar-refractivity contribution in [2.45, 2.75) is 11.8 Å². The van der Waals surface area contributed by atoms with Gasteiger partial charge in [0.25, 0.3) is 7.12 Å². The van der Waals surface area contributed by atoms with E-state index in [0.29, 0.717) is 27.4 Å². The predicted molar refractivity (Wildman–Crippen MR) is 78.6 cm³/mol. The molecule has 0 atom stereocenters. The van der Waals surface area contributed by atoms with Crippen LogP contribution >= 0.6 is 11.6 Å². The summed E-state index contributed by atoms with van der Waals surface area (Å²) in [4.78, 5) is 10.1. The zero-order valence-electron chi connectivity index (χ0n) is 10.4. The predicted octanol–water partition coefficient (Wildman–Crippen LogP) is 2.38. The van der Waals surface area contributed by atoms with Crippen LogP contribution in [0.2, 0.25) is 5.02 Å². The van der Waals surface area contributed by atoms with Crippen LogP contribution in [-0.4, -0.2) is 30.5 Å². The number of H-pyrrole nitrogens is 2. The fourth-order valence-corrected chi connectivity index (χ4v) is 3.22. The van der Waals surface area contributed by atoms with Gasteiger partial charge in [-0.05, 0) is 25.1 Å². The number of imidazole rings is 1. The van der Waals surface area contributed by atoms with Crippen LogP contribution in [0.15, 0.2) is 29.3 Å². The van der Waals surface area contributed by atoms with E-state index in [2.05, 4.69) is 15.0 Å². The van der Waals surface area contributed by atoms with E-state index in [9.17, 15) is 8.42 Å². The van der Waals surface area contributed by atoms with E-state index >= 15 is 0 Å². The Morgan fingerprint density at radius 1 is 1.30 bits per heavy atom. The summed E-state index contributed by atoms with van der Waals surface area (Å²) in [7, 11) is 1.41. The second kappa shape index (κ2) is 4.39. The molecular formula is C12H9BClN3O2S. The summed E-state index contributed by atoms with van der Waals surface area (Å²) in [6.45, 7) is 1.83. The van der Waals surface area contributed by atoms with Crippen molar-refractivity contribution in [2.75, 3.05) is 0 Å². The van der Waals surface area contributed by atoms with Crippen molar-refractivity contribution in [1.29, 1.82) is 0 Å². The number of aromatic nitrogens is 3. The lowest BCUT2D eigenvalue weighted by Crippen LogP contribution is -2.01. The molecule has 0 saturated carbocycles. The zero-order valence-corrected chi connectivity index (χ0v) is 12.0. The number of fused-ring (bicyclic) bond motifs is 1. The van der Waals surface area contributed by atoms with Gasteiger partial charge in [-0.2, -0.15) is 0 Å². The Bertz CT molecular complexity index is 914.